The minimum Gasteiger partial charge on any atom is -0.457 e. The Hall–Kier alpha value is -5.58. The number of para-hydroxylation sites is 1. The zero-order valence-electron chi connectivity index (χ0n) is 24.1. The van der Waals surface area contributed by atoms with Crippen LogP contribution in [0.2, 0.25) is 0 Å². The molecule has 4 heteroatoms. The number of pyridine rings is 1. The fourth-order valence-corrected chi connectivity index (χ4v) is 6.18. The van der Waals surface area contributed by atoms with Crippen LogP contribution in [0.4, 0.5) is 0 Å². The number of ether oxygens (including phenoxy) is 1. The average Bonchev–Trinajstić information content (AvgIpc) is 3.10. The van der Waals surface area contributed by atoms with Gasteiger partial charge in [-0.05, 0) is 59.2 Å². The molecule has 7 rings (SSSR count). The molecule has 5 aromatic carbocycles. The van der Waals surface area contributed by atoms with Crippen molar-refractivity contribution in [3.63, 3.8) is 0 Å². The highest BCUT2D eigenvalue weighted by molar-refractivity contribution is 6.05. The molecule has 1 aliphatic rings. The molecule has 6 aromatic rings. The molecule has 1 aliphatic heterocycles. The van der Waals surface area contributed by atoms with E-state index in [0.29, 0.717) is 11.4 Å². The molecule has 1 unspecified atom stereocenters. The molecule has 0 aliphatic carbocycles. The Morgan fingerprint density at radius 3 is 1.98 bits per heavy atom. The van der Waals surface area contributed by atoms with Gasteiger partial charge in [-0.1, -0.05) is 121 Å². The van der Waals surface area contributed by atoms with Crippen molar-refractivity contribution < 1.29 is 4.74 Å². The summed E-state index contributed by atoms with van der Waals surface area (Å²) >= 11 is 0. The van der Waals surface area contributed by atoms with Crippen LogP contribution in [0.5, 0.6) is 11.5 Å². The van der Waals surface area contributed by atoms with Crippen LogP contribution in [0.25, 0.3) is 11.3 Å². The van der Waals surface area contributed by atoms with Crippen molar-refractivity contribution in [2.45, 2.75) is 11.5 Å². The number of hydrogen-bond acceptors (Lipinski definition) is 4. The van der Waals surface area contributed by atoms with E-state index in [9.17, 15) is 0 Å². The second-order valence-corrected chi connectivity index (χ2v) is 10.9. The zero-order chi connectivity index (χ0) is 29.9. The summed E-state index contributed by atoms with van der Waals surface area (Å²) in [6, 6.07) is 51.2. The van der Waals surface area contributed by atoms with E-state index >= 15 is 0 Å². The summed E-state index contributed by atoms with van der Waals surface area (Å²) in [6.07, 6.45) is 3.57. The van der Waals surface area contributed by atoms with Crippen molar-refractivity contribution >= 4 is 5.71 Å². The molecule has 0 amide bonds. The molecular formula is C40H31N3O. The summed E-state index contributed by atoms with van der Waals surface area (Å²) in [5.41, 5.74) is 13.8. The molecule has 3 N–H and O–H groups in total. The Morgan fingerprint density at radius 1 is 0.659 bits per heavy atom. The lowest BCUT2D eigenvalue weighted by molar-refractivity contribution is 0.434. The molecule has 4 nitrogen and oxygen atoms in total. The molecule has 1 atom stereocenters. The third-order valence-corrected chi connectivity index (χ3v) is 8.28. The van der Waals surface area contributed by atoms with Gasteiger partial charge in [-0.15, -0.1) is 0 Å². The summed E-state index contributed by atoms with van der Waals surface area (Å²) < 4.78 is 6.54. The normalized spacial score (nSPS) is 13.8. The van der Waals surface area contributed by atoms with Gasteiger partial charge in [0.05, 0.1) is 22.5 Å². The van der Waals surface area contributed by atoms with Crippen LogP contribution >= 0.6 is 0 Å². The lowest BCUT2D eigenvalue weighted by Gasteiger charge is -2.41. The highest BCUT2D eigenvalue weighted by Gasteiger charge is 2.45. The third-order valence-electron chi connectivity index (χ3n) is 8.28. The van der Waals surface area contributed by atoms with Gasteiger partial charge in [0, 0.05) is 22.7 Å². The molecule has 44 heavy (non-hydrogen) atoms. The molecule has 2 heterocycles. The van der Waals surface area contributed by atoms with Gasteiger partial charge in [-0.25, -0.2) is 4.98 Å². The van der Waals surface area contributed by atoms with Crippen molar-refractivity contribution in [2.24, 2.45) is 5.73 Å². The van der Waals surface area contributed by atoms with Gasteiger partial charge in [-0.2, -0.15) is 0 Å². The standard InChI is InChI=1S/C40H31N3O/c41-34(28-13-4-1-5-14-28)24-25-35(42)37-21-12-20-36(43-37)29-23-26-39-33(27-29)40(30-15-6-2-7-16-30,31-17-8-3-9-18-31)32-19-10-11-22-38(32)44-39/h1-27,34,42H,41H2/b25-24-,42-35?. The predicted octanol–water partition coefficient (Wildman–Crippen LogP) is 8.86. The fraction of sp³-hybridized carbons (Fsp3) is 0.0500. The van der Waals surface area contributed by atoms with Crippen LogP contribution in [0.3, 0.4) is 0 Å². The molecule has 0 spiro atoms. The molecule has 212 valence electrons. The number of benzene rings is 5. The third kappa shape index (κ3) is 4.81. The lowest BCUT2D eigenvalue weighted by atomic mass is 9.63. The summed E-state index contributed by atoms with van der Waals surface area (Å²) in [5, 5.41) is 8.74. The first kappa shape index (κ1) is 27.3. The quantitative estimate of drug-likeness (QED) is 0.188. The summed E-state index contributed by atoms with van der Waals surface area (Å²) in [6.45, 7) is 0. The largest absolute Gasteiger partial charge is 0.457 e. The van der Waals surface area contributed by atoms with Crippen molar-refractivity contribution in [1.82, 2.24) is 4.98 Å². The van der Waals surface area contributed by atoms with Gasteiger partial charge in [0.1, 0.15) is 11.5 Å². The lowest BCUT2D eigenvalue weighted by Crippen LogP contribution is -2.34. The Bertz CT molecular complexity index is 1930. The maximum atomic E-state index is 8.74. The number of nitrogens with two attached hydrogens (primary N) is 1. The molecular weight excluding hydrogens is 538 g/mol. The van der Waals surface area contributed by atoms with Gasteiger partial charge in [-0.3, -0.25) is 5.41 Å². The second kappa shape index (κ2) is 11.6. The molecule has 0 fully saturated rings. The highest BCUT2D eigenvalue weighted by Crippen LogP contribution is 2.55. The maximum absolute atomic E-state index is 8.74. The predicted molar refractivity (Wildman–Crippen MR) is 177 cm³/mol. The van der Waals surface area contributed by atoms with Crippen molar-refractivity contribution in [3.8, 4) is 22.8 Å². The first-order chi connectivity index (χ1) is 21.6. The van der Waals surface area contributed by atoms with Crippen LogP contribution in [-0.4, -0.2) is 10.7 Å². The SMILES string of the molecule is N=C(/C=C\C(N)c1ccccc1)c1cccc(-c2ccc3c(c2)C(c2ccccc2)(c2ccccc2)c2ccccc2O3)n1. The second-order valence-electron chi connectivity index (χ2n) is 10.9. The smallest absolute Gasteiger partial charge is 0.132 e. The first-order valence-electron chi connectivity index (χ1n) is 14.7. The van der Waals surface area contributed by atoms with E-state index in [4.69, 9.17) is 20.9 Å². The van der Waals surface area contributed by atoms with Crippen molar-refractivity contribution in [3.05, 3.63) is 197 Å². The Labute approximate surface area is 257 Å². The zero-order valence-corrected chi connectivity index (χ0v) is 24.1. The Balaban J connectivity index is 1.34. The number of fused-ring (bicyclic) bond motifs is 2. The topological polar surface area (TPSA) is 72.0 Å². The van der Waals surface area contributed by atoms with E-state index in [1.807, 2.05) is 78.9 Å². The van der Waals surface area contributed by atoms with Crippen LogP contribution in [0.1, 0.15) is 39.6 Å². The van der Waals surface area contributed by atoms with Gasteiger partial charge < -0.3 is 10.5 Å². The minimum absolute atomic E-state index is 0.299. The highest BCUT2D eigenvalue weighted by atomic mass is 16.5. The average molecular weight is 570 g/mol. The number of allylic oxidation sites excluding steroid dienone is 1. The van der Waals surface area contributed by atoms with Crippen molar-refractivity contribution in [1.29, 1.82) is 5.41 Å². The number of rotatable bonds is 7. The van der Waals surface area contributed by atoms with E-state index < -0.39 is 5.41 Å². The number of nitrogens with one attached hydrogen (secondary N) is 1. The van der Waals surface area contributed by atoms with E-state index in [0.717, 1.165) is 50.6 Å². The van der Waals surface area contributed by atoms with E-state index in [2.05, 4.69) is 78.9 Å². The van der Waals surface area contributed by atoms with Gasteiger partial charge in [0.15, 0.2) is 0 Å². The summed E-state index contributed by atoms with van der Waals surface area (Å²) in [7, 11) is 0. The maximum Gasteiger partial charge on any atom is 0.132 e. The minimum atomic E-state index is -0.608. The molecule has 0 bridgehead atoms. The van der Waals surface area contributed by atoms with Crippen LogP contribution in [0.15, 0.2) is 164 Å². The molecule has 1 aromatic heterocycles. The number of nitrogens with zero attached hydrogens (tertiary/aromatic N) is 1. The molecule has 0 saturated heterocycles. The Kier molecular flexibility index (Phi) is 7.19. The van der Waals surface area contributed by atoms with E-state index in [-0.39, 0.29) is 6.04 Å². The van der Waals surface area contributed by atoms with Gasteiger partial charge >= 0.3 is 0 Å². The van der Waals surface area contributed by atoms with Crippen molar-refractivity contribution in [2.75, 3.05) is 0 Å². The summed E-state index contributed by atoms with van der Waals surface area (Å²) in [5.74, 6) is 1.65. The van der Waals surface area contributed by atoms with Gasteiger partial charge in [0.25, 0.3) is 0 Å². The first-order valence-corrected chi connectivity index (χ1v) is 14.7. The summed E-state index contributed by atoms with van der Waals surface area (Å²) in [4.78, 5) is 4.92. The number of hydrogen-bond donors (Lipinski definition) is 2. The van der Waals surface area contributed by atoms with E-state index in [1.165, 1.54) is 0 Å². The molecule has 0 radical (unpaired) electrons. The fourth-order valence-electron chi connectivity index (χ4n) is 6.18. The molecule has 0 saturated carbocycles. The van der Waals surface area contributed by atoms with Gasteiger partial charge in [0.2, 0.25) is 0 Å². The Morgan fingerprint density at radius 2 is 1.27 bits per heavy atom. The monoisotopic (exact) mass is 569 g/mol. The van der Waals surface area contributed by atoms with E-state index in [1.54, 1.807) is 6.08 Å². The van der Waals surface area contributed by atoms with Crippen LogP contribution < -0.4 is 10.5 Å². The van der Waals surface area contributed by atoms with Crippen LogP contribution in [0, 0.1) is 5.41 Å². The van der Waals surface area contributed by atoms with Crippen LogP contribution in [-0.2, 0) is 5.41 Å². The number of aromatic nitrogens is 1.